The van der Waals surface area contributed by atoms with Gasteiger partial charge in [0.05, 0.1) is 19.0 Å². The zero-order chi connectivity index (χ0) is 23.3. The van der Waals surface area contributed by atoms with Crippen molar-refractivity contribution in [2.24, 2.45) is 0 Å². The van der Waals surface area contributed by atoms with Crippen LogP contribution in [0.3, 0.4) is 0 Å². The molecule has 0 amide bonds. The number of likely N-dealkylation sites (tertiary alicyclic amines) is 1. The first-order valence-electron chi connectivity index (χ1n) is 11.4. The van der Waals surface area contributed by atoms with Gasteiger partial charge in [-0.2, -0.15) is 0 Å². The van der Waals surface area contributed by atoms with Gasteiger partial charge in [-0.05, 0) is 49.7 Å². The van der Waals surface area contributed by atoms with Gasteiger partial charge in [0, 0.05) is 38.1 Å². The number of nitrogens with one attached hydrogen (secondary N) is 2. The Balaban J connectivity index is 1.47. The van der Waals surface area contributed by atoms with Crippen LogP contribution in [0.1, 0.15) is 18.4 Å². The first kappa shape index (κ1) is 22.2. The average molecular weight is 463 g/mol. The van der Waals surface area contributed by atoms with Gasteiger partial charge in [-0.3, -0.25) is 4.98 Å². The van der Waals surface area contributed by atoms with Crippen molar-refractivity contribution in [3.8, 4) is 17.4 Å². The summed E-state index contributed by atoms with van der Waals surface area (Å²) < 4.78 is 21.4. The maximum Gasteiger partial charge on any atom is 0.213 e. The molecule has 4 aromatic heterocycles. The van der Waals surface area contributed by atoms with Crippen LogP contribution in [0.5, 0.6) is 5.88 Å². The van der Waals surface area contributed by atoms with Gasteiger partial charge in [0.2, 0.25) is 11.7 Å². The second-order valence-corrected chi connectivity index (χ2v) is 8.19. The highest BCUT2D eigenvalue weighted by atomic mass is 19.1. The monoisotopic (exact) mass is 462 g/mol. The van der Waals surface area contributed by atoms with Crippen molar-refractivity contribution < 1.29 is 9.13 Å². The standard InChI is InChI=1S/C24H27FN8O/c1-34-21-6-4-5-20(28-21)23-30-24(29-19-7-9-26-16-18(19)25)22-17(8-13-33(22)31-23)15-27-10-14-32-11-2-3-12-32/h4-9,13,16,27H,2-3,10-12,14-15H2,1H3,(H,26,29,30,31). The van der Waals surface area contributed by atoms with Crippen LogP contribution >= 0.6 is 0 Å². The van der Waals surface area contributed by atoms with Gasteiger partial charge in [0.25, 0.3) is 0 Å². The lowest BCUT2D eigenvalue weighted by atomic mass is 10.2. The van der Waals surface area contributed by atoms with Crippen LogP contribution in [0.2, 0.25) is 0 Å². The van der Waals surface area contributed by atoms with Gasteiger partial charge in [-0.15, -0.1) is 5.10 Å². The third kappa shape index (κ3) is 4.82. The van der Waals surface area contributed by atoms with E-state index in [1.54, 1.807) is 23.8 Å². The van der Waals surface area contributed by atoms with E-state index < -0.39 is 5.82 Å². The largest absolute Gasteiger partial charge is 0.481 e. The molecule has 5 heterocycles. The molecule has 9 nitrogen and oxygen atoms in total. The lowest BCUT2D eigenvalue weighted by Gasteiger charge is -2.15. The van der Waals surface area contributed by atoms with E-state index in [0.29, 0.717) is 29.8 Å². The Hall–Kier alpha value is -3.63. The molecule has 0 radical (unpaired) electrons. The first-order valence-corrected chi connectivity index (χ1v) is 11.4. The minimum Gasteiger partial charge on any atom is -0.481 e. The van der Waals surface area contributed by atoms with Crippen molar-refractivity contribution in [3.63, 3.8) is 0 Å². The smallest absolute Gasteiger partial charge is 0.213 e. The summed E-state index contributed by atoms with van der Waals surface area (Å²) in [5, 5.41) is 11.3. The van der Waals surface area contributed by atoms with Crippen molar-refractivity contribution in [3.05, 3.63) is 60.3 Å². The number of aromatic nitrogens is 5. The van der Waals surface area contributed by atoms with E-state index in [-0.39, 0.29) is 5.69 Å². The molecule has 0 bridgehead atoms. The molecule has 1 aliphatic heterocycles. The molecule has 1 saturated heterocycles. The molecule has 34 heavy (non-hydrogen) atoms. The van der Waals surface area contributed by atoms with Crippen LogP contribution in [0, 0.1) is 5.82 Å². The van der Waals surface area contributed by atoms with Crippen molar-refractivity contribution in [1.82, 2.24) is 34.8 Å². The number of hydrogen-bond donors (Lipinski definition) is 2. The maximum absolute atomic E-state index is 14.4. The number of methoxy groups -OCH3 is 1. The molecular weight excluding hydrogens is 435 g/mol. The molecule has 1 fully saturated rings. The quantitative estimate of drug-likeness (QED) is 0.366. The topological polar surface area (TPSA) is 92.5 Å². The number of fused-ring (bicyclic) bond motifs is 1. The lowest BCUT2D eigenvalue weighted by molar-refractivity contribution is 0.336. The van der Waals surface area contributed by atoms with Crippen molar-refractivity contribution in [1.29, 1.82) is 0 Å². The Bertz CT molecular complexity index is 1270. The van der Waals surface area contributed by atoms with Gasteiger partial charge in [-0.25, -0.2) is 18.9 Å². The summed E-state index contributed by atoms with van der Waals surface area (Å²) in [4.78, 5) is 15.5. The molecule has 0 spiro atoms. The number of anilines is 2. The SMILES string of the molecule is COc1cccc(-c2nc(Nc3ccncc3F)c3c(CNCCN4CCCC4)ccn3n2)n1. The van der Waals surface area contributed by atoms with E-state index in [2.05, 4.69) is 30.6 Å². The van der Waals surface area contributed by atoms with Crippen LogP contribution in [0.15, 0.2) is 48.9 Å². The Morgan fingerprint density at radius 3 is 2.82 bits per heavy atom. The lowest BCUT2D eigenvalue weighted by Crippen LogP contribution is -2.29. The third-order valence-electron chi connectivity index (χ3n) is 5.90. The van der Waals surface area contributed by atoms with Gasteiger partial charge < -0.3 is 20.3 Å². The van der Waals surface area contributed by atoms with E-state index >= 15 is 0 Å². The van der Waals surface area contributed by atoms with Crippen LogP contribution in [-0.2, 0) is 6.54 Å². The molecule has 5 rings (SSSR count). The van der Waals surface area contributed by atoms with Gasteiger partial charge in [0.1, 0.15) is 11.2 Å². The Labute approximate surface area is 197 Å². The highest BCUT2D eigenvalue weighted by Gasteiger charge is 2.17. The predicted molar refractivity (Wildman–Crippen MR) is 128 cm³/mol. The number of hydrogen-bond acceptors (Lipinski definition) is 8. The maximum atomic E-state index is 14.4. The fraction of sp³-hybridized carbons (Fsp3) is 0.333. The summed E-state index contributed by atoms with van der Waals surface area (Å²) in [5.41, 5.74) is 2.63. The fourth-order valence-corrected chi connectivity index (χ4v) is 4.15. The molecular formula is C24H27FN8O. The predicted octanol–water partition coefficient (Wildman–Crippen LogP) is 3.26. The minimum atomic E-state index is -0.461. The second-order valence-electron chi connectivity index (χ2n) is 8.19. The molecule has 0 aromatic carbocycles. The summed E-state index contributed by atoms with van der Waals surface area (Å²) >= 11 is 0. The van der Waals surface area contributed by atoms with Gasteiger partial charge in [0.15, 0.2) is 11.6 Å². The zero-order valence-corrected chi connectivity index (χ0v) is 19.0. The Morgan fingerprint density at radius 2 is 2.00 bits per heavy atom. The van der Waals surface area contributed by atoms with Crippen molar-refractivity contribution >= 4 is 17.0 Å². The molecule has 2 N–H and O–H groups in total. The second kappa shape index (κ2) is 10.1. The molecule has 0 aliphatic carbocycles. The average Bonchev–Trinajstić information content (AvgIpc) is 3.53. The number of nitrogens with zero attached hydrogens (tertiary/aromatic N) is 6. The fourth-order valence-electron chi connectivity index (χ4n) is 4.15. The van der Waals surface area contributed by atoms with E-state index in [0.717, 1.165) is 24.2 Å². The van der Waals surface area contributed by atoms with Crippen molar-refractivity contribution in [2.45, 2.75) is 19.4 Å². The third-order valence-corrected chi connectivity index (χ3v) is 5.90. The van der Waals surface area contributed by atoms with E-state index in [9.17, 15) is 4.39 Å². The number of pyridine rings is 2. The van der Waals surface area contributed by atoms with Gasteiger partial charge in [-0.1, -0.05) is 6.07 Å². The van der Waals surface area contributed by atoms with Crippen LogP contribution < -0.4 is 15.4 Å². The number of rotatable bonds is 9. The highest BCUT2D eigenvalue weighted by molar-refractivity contribution is 5.78. The van der Waals surface area contributed by atoms with Gasteiger partial charge >= 0.3 is 0 Å². The Morgan fingerprint density at radius 1 is 1.12 bits per heavy atom. The summed E-state index contributed by atoms with van der Waals surface area (Å²) in [7, 11) is 1.56. The van der Waals surface area contributed by atoms with Crippen LogP contribution in [-0.4, -0.2) is 62.8 Å². The molecule has 10 heteroatoms. The number of halogens is 1. The molecule has 0 unspecified atom stereocenters. The molecule has 176 valence electrons. The molecule has 4 aromatic rings. The van der Waals surface area contributed by atoms with E-state index in [1.807, 2.05) is 24.4 Å². The zero-order valence-electron chi connectivity index (χ0n) is 19.0. The summed E-state index contributed by atoms with van der Waals surface area (Å²) in [5.74, 6) is 0.886. The Kier molecular flexibility index (Phi) is 6.59. The minimum absolute atomic E-state index is 0.286. The van der Waals surface area contributed by atoms with Crippen LogP contribution in [0.25, 0.3) is 17.0 Å². The normalized spacial score (nSPS) is 14.1. The van der Waals surface area contributed by atoms with Crippen LogP contribution in [0.4, 0.5) is 15.9 Å². The van der Waals surface area contributed by atoms with E-state index in [1.165, 1.54) is 38.3 Å². The molecule has 1 aliphatic rings. The first-order chi connectivity index (χ1) is 16.7. The summed E-state index contributed by atoms with van der Waals surface area (Å²) in [6.45, 7) is 4.93. The highest BCUT2D eigenvalue weighted by Crippen LogP contribution is 2.27. The van der Waals surface area contributed by atoms with Crippen molar-refractivity contribution in [2.75, 3.05) is 38.6 Å². The molecule has 0 saturated carbocycles. The number of ether oxygens (including phenoxy) is 1. The summed E-state index contributed by atoms with van der Waals surface area (Å²) in [6, 6.07) is 8.98. The van der Waals surface area contributed by atoms with E-state index in [4.69, 9.17) is 9.72 Å². The molecule has 0 atom stereocenters. The summed E-state index contributed by atoms with van der Waals surface area (Å²) in [6.07, 6.45) is 7.16.